The Morgan fingerprint density at radius 1 is 1.38 bits per heavy atom. The molecule has 13 heavy (non-hydrogen) atoms. The lowest BCUT2D eigenvalue weighted by atomic mass is 10.4. The van der Waals surface area contributed by atoms with Crippen LogP contribution in [0.15, 0.2) is 16.8 Å². The van der Waals surface area contributed by atoms with E-state index in [1.54, 1.807) is 16.8 Å². The second-order valence-electron chi connectivity index (χ2n) is 2.37. The fourth-order valence-electron chi connectivity index (χ4n) is 0.931. The van der Waals surface area contributed by atoms with E-state index in [1.165, 1.54) is 22.7 Å². The van der Waals surface area contributed by atoms with E-state index in [1.807, 2.05) is 0 Å². The van der Waals surface area contributed by atoms with Crippen LogP contribution in [0.1, 0.15) is 0 Å². The summed E-state index contributed by atoms with van der Waals surface area (Å²) in [7, 11) is 0. The Labute approximate surface area is 86.9 Å². The van der Waals surface area contributed by atoms with Crippen molar-refractivity contribution >= 4 is 34.3 Å². The average molecular weight is 233 g/mol. The number of rotatable bonds is 1. The predicted molar refractivity (Wildman–Crippen MR) is 53.7 cm³/mol. The number of nitrogens with zero attached hydrogens (tertiary/aromatic N) is 1. The standard InChI is InChI=1S/C7H5ClN2OS2/c8-4-1-6(12-2-4)5-3-13-7(9)10(5)11/h1-3,9,11H. The van der Waals surface area contributed by atoms with Gasteiger partial charge in [0.2, 0.25) is 4.80 Å². The van der Waals surface area contributed by atoms with Crippen LogP contribution < -0.4 is 4.80 Å². The zero-order chi connectivity index (χ0) is 9.42. The third-order valence-electron chi connectivity index (χ3n) is 1.52. The maximum Gasteiger partial charge on any atom is 0.216 e. The first-order chi connectivity index (χ1) is 6.18. The predicted octanol–water partition coefficient (Wildman–Crippen LogP) is 2.65. The highest BCUT2D eigenvalue weighted by Gasteiger charge is 2.07. The fraction of sp³-hybridized carbons (Fsp3) is 0. The molecule has 3 nitrogen and oxygen atoms in total. The van der Waals surface area contributed by atoms with E-state index in [0.717, 1.165) is 9.61 Å². The van der Waals surface area contributed by atoms with Crippen molar-refractivity contribution < 1.29 is 5.21 Å². The minimum atomic E-state index is 0.111. The highest BCUT2D eigenvalue weighted by atomic mass is 35.5. The fourth-order valence-corrected chi connectivity index (χ4v) is 2.73. The lowest BCUT2D eigenvalue weighted by molar-refractivity contribution is 0.181. The van der Waals surface area contributed by atoms with Crippen molar-refractivity contribution in [2.75, 3.05) is 0 Å². The monoisotopic (exact) mass is 232 g/mol. The number of halogens is 1. The average Bonchev–Trinajstić information content (AvgIpc) is 2.62. The molecule has 0 radical (unpaired) electrons. The molecular formula is C7H5ClN2OS2. The summed E-state index contributed by atoms with van der Waals surface area (Å²) in [4.78, 5) is 0.974. The van der Waals surface area contributed by atoms with Crippen molar-refractivity contribution in [3.8, 4) is 10.6 Å². The summed E-state index contributed by atoms with van der Waals surface area (Å²) in [6.07, 6.45) is 0. The number of hydrogen-bond donors (Lipinski definition) is 2. The number of thiophene rings is 1. The lowest BCUT2D eigenvalue weighted by Crippen LogP contribution is -2.09. The second-order valence-corrected chi connectivity index (χ2v) is 4.57. The molecule has 0 unspecified atom stereocenters. The van der Waals surface area contributed by atoms with Crippen LogP contribution in [0.4, 0.5) is 0 Å². The number of hydrogen-bond acceptors (Lipinski definition) is 4. The first-order valence-electron chi connectivity index (χ1n) is 3.37. The van der Waals surface area contributed by atoms with E-state index in [0.29, 0.717) is 10.7 Å². The molecule has 2 heterocycles. The van der Waals surface area contributed by atoms with Crippen LogP contribution in [-0.4, -0.2) is 9.94 Å². The van der Waals surface area contributed by atoms with E-state index in [-0.39, 0.29) is 4.80 Å². The van der Waals surface area contributed by atoms with Gasteiger partial charge in [-0.3, -0.25) is 5.41 Å². The van der Waals surface area contributed by atoms with Crippen molar-refractivity contribution in [3.05, 3.63) is 26.7 Å². The quantitative estimate of drug-likeness (QED) is 0.730. The van der Waals surface area contributed by atoms with E-state index in [2.05, 4.69) is 0 Å². The van der Waals surface area contributed by atoms with Gasteiger partial charge in [0.1, 0.15) is 5.69 Å². The van der Waals surface area contributed by atoms with Crippen LogP contribution >= 0.6 is 34.3 Å². The van der Waals surface area contributed by atoms with Crippen LogP contribution in [0.25, 0.3) is 10.6 Å². The molecule has 2 rings (SSSR count). The third kappa shape index (κ3) is 1.50. The van der Waals surface area contributed by atoms with E-state index in [4.69, 9.17) is 17.0 Å². The lowest BCUT2D eigenvalue weighted by Gasteiger charge is -1.95. The van der Waals surface area contributed by atoms with E-state index >= 15 is 0 Å². The van der Waals surface area contributed by atoms with Gasteiger partial charge in [0, 0.05) is 10.8 Å². The van der Waals surface area contributed by atoms with Crippen molar-refractivity contribution in [3.63, 3.8) is 0 Å². The van der Waals surface area contributed by atoms with E-state index in [9.17, 15) is 5.21 Å². The number of nitrogens with one attached hydrogen (secondary N) is 1. The molecule has 0 aliphatic rings. The Balaban J connectivity index is 2.58. The van der Waals surface area contributed by atoms with Gasteiger partial charge >= 0.3 is 0 Å². The van der Waals surface area contributed by atoms with Crippen molar-refractivity contribution in [2.45, 2.75) is 0 Å². The van der Waals surface area contributed by atoms with Crippen molar-refractivity contribution in [1.29, 1.82) is 5.41 Å². The Hall–Kier alpha value is -0.780. The summed E-state index contributed by atoms with van der Waals surface area (Å²) in [5, 5.41) is 20.9. The maximum absolute atomic E-state index is 9.40. The summed E-state index contributed by atoms with van der Waals surface area (Å²) in [5.74, 6) is 0. The van der Waals surface area contributed by atoms with Gasteiger partial charge in [-0.15, -0.1) is 22.7 Å². The van der Waals surface area contributed by atoms with E-state index < -0.39 is 0 Å². The molecule has 2 aromatic heterocycles. The minimum Gasteiger partial charge on any atom is -0.425 e. The maximum atomic E-state index is 9.40. The van der Waals surface area contributed by atoms with Crippen LogP contribution in [0, 0.1) is 5.41 Å². The summed E-state index contributed by atoms with van der Waals surface area (Å²) >= 11 is 8.36. The molecule has 2 aromatic rings. The van der Waals surface area contributed by atoms with Gasteiger partial charge in [0.25, 0.3) is 0 Å². The Morgan fingerprint density at radius 2 is 2.15 bits per heavy atom. The normalized spacial score (nSPS) is 10.5. The second kappa shape index (κ2) is 3.17. The van der Waals surface area contributed by atoms with Crippen LogP contribution in [0.5, 0.6) is 0 Å². The Bertz CT molecular complexity index is 485. The van der Waals surface area contributed by atoms with Gasteiger partial charge in [-0.25, -0.2) is 0 Å². The molecule has 0 bridgehead atoms. The van der Waals surface area contributed by atoms with Gasteiger partial charge in [-0.2, -0.15) is 4.73 Å². The molecule has 0 atom stereocenters. The largest absolute Gasteiger partial charge is 0.425 e. The SMILES string of the molecule is N=c1scc(-c2cc(Cl)cs2)n1O. The molecule has 0 saturated carbocycles. The topological polar surface area (TPSA) is 49.0 Å². The summed E-state index contributed by atoms with van der Waals surface area (Å²) in [6, 6.07) is 1.76. The van der Waals surface area contributed by atoms with Gasteiger partial charge in [-0.05, 0) is 6.07 Å². The van der Waals surface area contributed by atoms with Crippen LogP contribution in [-0.2, 0) is 0 Å². The number of thiazole rings is 1. The molecule has 0 amide bonds. The molecule has 0 fully saturated rings. The third-order valence-corrected chi connectivity index (χ3v) is 3.56. The highest BCUT2D eigenvalue weighted by Crippen LogP contribution is 2.29. The molecular weight excluding hydrogens is 228 g/mol. The van der Waals surface area contributed by atoms with Crippen molar-refractivity contribution in [1.82, 2.24) is 4.73 Å². The first kappa shape index (κ1) is 8.80. The smallest absolute Gasteiger partial charge is 0.216 e. The first-order valence-corrected chi connectivity index (χ1v) is 5.51. The minimum absolute atomic E-state index is 0.111. The number of aromatic nitrogens is 1. The zero-order valence-corrected chi connectivity index (χ0v) is 8.71. The zero-order valence-electron chi connectivity index (χ0n) is 6.32. The van der Waals surface area contributed by atoms with Crippen LogP contribution in [0.2, 0.25) is 5.02 Å². The van der Waals surface area contributed by atoms with Gasteiger partial charge in [0.15, 0.2) is 0 Å². The highest BCUT2D eigenvalue weighted by molar-refractivity contribution is 7.14. The van der Waals surface area contributed by atoms with Gasteiger partial charge in [0.05, 0.1) is 9.90 Å². The molecule has 0 spiro atoms. The Morgan fingerprint density at radius 3 is 2.62 bits per heavy atom. The molecule has 0 aliphatic heterocycles. The summed E-state index contributed by atoms with van der Waals surface area (Å²) in [5.41, 5.74) is 0.618. The summed E-state index contributed by atoms with van der Waals surface area (Å²) < 4.78 is 0.854. The molecule has 0 aromatic carbocycles. The molecule has 0 saturated heterocycles. The van der Waals surface area contributed by atoms with Crippen molar-refractivity contribution in [2.24, 2.45) is 0 Å². The van der Waals surface area contributed by atoms with Gasteiger partial charge < -0.3 is 5.21 Å². The van der Waals surface area contributed by atoms with Crippen LogP contribution in [0.3, 0.4) is 0 Å². The Kier molecular flexibility index (Phi) is 2.15. The molecule has 6 heteroatoms. The molecule has 0 aliphatic carbocycles. The summed E-state index contributed by atoms with van der Waals surface area (Å²) in [6.45, 7) is 0. The molecule has 2 N–H and O–H groups in total. The molecule has 68 valence electrons. The van der Waals surface area contributed by atoms with Gasteiger partial charge in [-0.1, -0.05) is 11.6 Å².